The lowest BCUT2D eigenvalue weighted by atomic mass is 10.1. The zero-order chi connectivity index (χ0) is 18.2. The number of esters is 2. The molecule has 2 aromatic rings. The molecule has 25 heavy (non-hydrogen) atoms. The zero-order valence-corrected chi connectivity index (χ0v) is 14.0. The largest absolute Gasteiger partial charge is 0.466 e. The molecule has 0 aliphatic carbocycles. The van der Waals surface area contributed by atoms with Crippen LogP contribution >= 0.6 is 0 Å². The van der Waals surface area contributed by atoms with E-state index in [0.29, 0.717) is 29.4 Å². The first-order valence-corrected chi connectivity index (χ1v) is 7.75. The summed E-state index contributed by atoms with van der Waals surface area (Å²) in [7, 11) is 0. The molecule has 0 bridgehead atoms. The van der Waals surface area contributed by atoms with Crippen molar-refractivity contribution in [1.29, 1.82) is 0 Å². The highest BCUT2D eigenvalue weighted by atomic mass is 16.6. The lowest BCUT2D eigenvalue weighted by Gasteiger charge is -2.18. The van der Waals surface area contributed by atoms with Gasteiger partial charge in [-0.25, -0.2) is 4.63 Å². The standard InChI is InChI=1S/C16H19N3O6/c1-10(20)23-7-5-13(6-8-24-11(2)21)17-16(22)12-3-4-14-15(9-12)19-25-18-14/h3-4,9,13H,5-8H2,1-2H3,(H,17,22). The maximum absolute atomic E-state index is 12.4. The first kappa shape index (κ1) is 18.4. The maximum Gasteiger partial charge on any atom is 0.302 e. The minimum Gasteiger partial charge on any atom is -0.466 e. The topological polar surface area (TPSA) is 121 Å². The Balaban J connectivity index is 1.97. The molecular formula is C16H19N3O6. The second kappa shape index (κ2) is 8.76. The first-order chi connectivity index (χ1) is 12.0. The highest BCUT2D eigenvalue weighted by Gasteiger charge is 2.16. The Kier molecular flexibility index (Phi) is 6.44. The van der Waals surface area contributed by atoms with Crippen molar-refractivity contribution in [2.75, 3.05) is 13.2 Å². The van der Waals surface area contributed by atoms with Gasteiger partial charge in [-0.1, -0.05) is 0 Å². The van der Waals surface area contributed by atoms with E-state index in [-0.39, 0.29) is 25.2 Å². The average Bonchev–Trinajstić information content (AvgIpc) is 3.01. The maximum atomic E-state index is 12.4. The van der Waals surface area contributed by atoms with Crippen LogP contribution in [-0.4, -0.2) is 47.4 Å². The molecule has 1 heterocycles. The molecule has 0 radical (unpaired) electrons. The lowest BCUT2D eigenvalue weighted by molar-refractivity contribution is -0.141. The fraction of sp³-hybridized carbons (Fsp3) is 0.438. The van der Waals surface area contributed by atoms with Crippen molar-refractivity contribution < 1.29 is 28.5 Å². The van der Waals surface area contributed by atoms with Gasteiger partial charge in [-0.3, -0.25) is 14.4 Å². The number of hydrogen-bond donors (Lipinski definition) is 1. The minimum atomic E-state index is -0.394. The molecule has 0 spiro atoms. The van der Waals surface area contributed by atoms with Crippen LogP contribution < -0.4 is 5.32 Å². The number of fused-ring (bicyclic) bond motifs is 1. The Hall–Kier alpha value is -2.97. The second-order valence-electron chi connectivity index (χ2n) is 5.40. The van der Waals surface area contributed by atoms with E-state index in [1.165, 1.54) is 13.8 Å². The minimum absolute atomic E-state index is 0.159. The molecule has 9 heteroatoms. The normalized spacial score (nSPS) is 10.7. The Morgan fingerprint density at radius 2 is 1.64 bits per heavy atom. The summed E-state index contributed by atoms with van der Waals surface area (Å²) in [4.78, 5) is 34.2. The number of benzene rings is 1. The molecule has 0 saturated carbocycles. The highest BCUT2D eigenvalue weighted by molar-refractivity contribution is 5.97. The molecule has 0 aliphatic rings. The molecule has 0 saturated heterocycles. The van der Waals surface area contributed by atoms with Crippen LogP contribution in [0.3, 0.4) is 0 Å². The molecular weight excluding hydrogens is 330 g/mol. The summed E-state index contributed by atoms with van der Waals surface area (Å²) in [6.45, 7) is 2.94. The van der Waals surface area contributed by atoms with Crippen LogP contribution in [0.15, 0.2) is 22.8 Å². The molecule has 0 unspecified atom stereocenters. The van der Waals surface area contributed by atoms with Gasteiger partial charge in [0.15, 0.2) is 0 Å². The van der Waals surface area contributed by atoms with Gasteiger partial charge >= 0.3 is 11.9 Å². The van der Waals surface area contributed by atoms with Crippen LogP contribution in [0.2, 0.25) is 0 Å². The van der Waals surface area contributed by atoms with E-state index in [0.717, 1.165) is 0 Å². The van der Waals surface area contributed by atoms with Gasteiger partial charge in [0.05, 0.1) is 13.2 Å². The van der Waals surface area contributed by atoms with Gasteiger partial charge in [0.1, 0.15) is 11.0 Å². The smallest absolute Gasteiger partial charge is 0.302 e. The summed E-state index contributed by atoms with van der Waals surface area (Å²) in [6, 6.07) is 4.48. The monoisotopic (exact) mass is 349 g/mol. The van der Waals surface area contributed by atoms with E-state index in [1.807, 2.05) is 0 Å². The Bertz CT molecular complexity index is 737. The van der Waals surface area contributed by atoms with Gasteiger partial charge in [-0.15, -0.1) is 0 Å². The fourth-order valence-electron chi connectivity index (χ4n) is 2.17. The Morgan fingerprint density at radius 3 is 2.24 bits per heavy atom. The van der Waals surface area contributed by atoms with Gasteiger partial charge in [0.2, 0.25) is 0 Å². The van der Waals surface area contributed by atoms with Gasteiger partial charge in [-0.2, -0.15) is 0 Å². The molecule has 1 aromatic carbocycles. The number of hydrogen-bond acceptors (Lipinski definition) is 8. The van der Waals surface area contributed by atoms with Crippen molar-refractivity contribution in [3.63, 3.8) is 0 Å². The third kappa shape index (κ3) is 5.87. The molecule has 0 aliphatic heterocycles. The average molecular weight is 349 g/mol. The molecule has 1 amide bonds. The summed E-state index contributed by atoms with van der Waals surface area (Å²) < 4.78 is 14.4. The van der Waals surface area contributed by atoms with Gasteiger partial charge in [0, 0.05) is 38.3 Å². The van der Waals surface area contributed by atoms with Crippen molar-refractivity contribution >= 4 is 28.9 Å². The van der Waals surface area contributed by atoms with E-state index < -0.39 is 11.9 Å². The number of nitrogens with one attached hydrogen (secondary N) is 1. The predicted molar refractivity (Wildman–Crippen MR) is 85.6 cm³/mol. The summed E-state index contributed by atoms with van der Waals surface area (Å²) >= 11 is 0. The molecule has 0 fully saturated rings. The lowest BCUT2D eigenvalue weighted by Crippen LogP contribution is -2.37. The van der Waals surface area contributed by atoms with E-state index in [9.17, 15) is 14.4 Å². The molecule has 0 atom stereocenters. The SMILES string of the molecule is CC(=O)OCCC(CCOC(C)=O)NC(=O)c1ccc2nonc2c1. The Labute approximate surface area is 143 Å². The Morgan fingerprint density at radius 1 is 1.04 bits per heavy atom. The predicted octanol–water partition coefficient (Wildman–Crippen LogP) is 1.23. The van der Waals surface area contributed by atoms with E-state index in [4.69, 9.17) is 9.47 Å². The number of carbonyl (C=O) groups excluding carboxylic acids is 3. The quantitative estimate of drug-likeness (QED) is 0.706. The van der Waals surface area contributed by atoms with Crippen LogP contribution in [0.5, 0.6) is 0 Å². The van der Waals surface area contributed by atoms with Gasteiger partial charge in [0.25, 0.3) is 5.91 Å². The fourth-order valence-corrected chi connectivity index (χ4v) is 2.17. The highest BCUT2D eigenvalue weighted by Crippen LogP contribution is 2.12. The number of ether oxygens (including phenoxy) is 2. The van der Waals surface area contributed by atoms with Crippen LogP contribution in [0, 0.1) is 0 Å². The van der Waals surface area contributed by atoms with E-state index in [2.05, 4.69) is 20.3 Å². The molecule has 134 valence electrons. The summed E-state index contributed by atoms with van der Waals surface area (Å²) in [6.07, 6.45) is 0.806. The van der Waals surface area contributed by atoms with Crippen molar-refractivity contribution in [1.82, 2.24) is 15.6 Å². The van der Waals surface area contributed by atoms with Gasteiger partial charge in [-0.05, 0) is 28.5 Å². The van der Waals surface area contributed by atoms with Crippen LogP contribution in [0.25, 0.3) is 11.0 Å². The van der Waals surface area contributed by atoms with E-state index in [1.54, 1.807) is 18.2 Å². The number of carbonyl (C=O) groups is 3. The van der Waals surface area contributed by atoms with E-state index >= 15 is 0 Å². The third-order valence-electron chi connectivity index (χ3n) is 3.39. The molecule has 1 aromatic heterocycles. The molecule has 2 rings (SSSR count). The van der Waals surface area contributed by atoms with Crippen molar-refractivity contribution in [2.45, 2.75) is 32.7 Å². The first-order valence-electron chi connectivity index (χ1n) is 7.75. The van der Waals surface area contributed by atoms with Crippen LogP contribution in [0.4, 0.5) is 0 Å². The second-order valence-corrected chi connectivity index (χ2v) is 5.40. The zero-order valence-electron chi connectivity index (χ0n) is 14.0. The summed E-state index contributed by atoms with van der Waals surface area (Å²) in [5.74, 6) is -1.11. The third-order valence-corrected chi connectivity index (χ3v) is 3.39. The van der Waals surface area contributed by atoms with Crippen molar-refractivity contribution in [2.24, 2.45) is 0 Å². The summed E-state index contributed by atoms with van der Waals surface area (Å²) in [5, 5.41) is 10.2. The van der Waals surface area contributed by atoms with Crippen LogP contribution in [-0.2, 0) is 19.1 Å². The van der Waals surface area contributed by atoms with Gasteiger partial charge < -0.3 is 14.8 Å². The van der Waals surface area contributed by atoms with Crippen molar-refractivity contribution in [3.8, 4) is 0 Å². The van der Waals surface area contributed by atoms with Crippen molar-refractivity contribution in [3.05, 3.63) is 23.8 Å². The molecule has 9 nitrogen and oxygen atoms in total. The number of aromatic nitrogens is 2. The number of nitrogens with zero attached hydrogens (tertiary/aromatic N) is 2. The number of amides is 1. The van der Waals surface area contributed by atoms with Crippen LogP contribution in [0.1, 0.15) is 37.0 Å². The number of rotatable bonds is 8. The summed E-state index contributed by atoms with van der Waals surface area (Å²) in [5.41, 5.74) is 1.43. The molecule has 1 N–H and O–H groups in total.